The van der Waals surface area contributed by atoms with Crippen molar-refractivity contribution in [3.63, 3.8) is 0 Å². The molecule has 0 aliphatic carbocycles. The summed E-state index contributed by atoms with van der Waals surface area (Å²) in [6, 6.07) is 4.27. The largest absolute Gasteiger partial charge is 0.507 e. The van der Waals surface area contributed by atoms with Crippen molar-refractivity contribution in [3.05, 3.63) is 28.1 Å². The zero-order valence-electron chi connectivity index (χ0n) is 16.9. The van der Waals surface area contributed by atoms with Crippen LogP contribution in [0.25, 0.3) is 11.3 Å². The zero-order chi connectivity index (χ0) is 19.2. The van der Waals surface area contributed by atoms with Crippen LogP contribution in [-0.4, -0.2) is 16.3 Å². The SMILES string of the molecule is CSc1nc(-c2cc(C(C)(C)C)c(O)c(C(C)(C)C)c2)c(C(C)C)s1. The number of rotatable bonds is 3. The summed E-state index contributed by atoms with van der Waals surface area (Å²) in [5.41, 5.74) is 3.91. The number of hydrogen-bond acceptors (Lipinski definition) is 4. The number of thiazole rings is 1. The molecule has 0 spiro atoms. The second kappa shape index (κ2) is 6.96. The highest BCUT2D eigenvalue weighted by molar-refractivity contribution is 8.00. The van der Waals surface area contributed by atoms with Gasteiger partial charge in [-0.3, -0.25) is 0 Å². The van der Waals surface area contributed by atoms with Gasteiger partial charge in [-0.1, -0.05) is 67.2 Å². The maximum Gasteiger partial charge on any atom is 0.150 e. The zero-order valence-corrected chi connectivity index (χ0v) is 18.6. The van der Waals surface area contributed by atoms with Crippen LogP contribution < -0.4 is 0 Å². The van der Waals surface area contributed by atoms with Gasteiger partial charge in [0.2, 0.25) is 0 Å². The molecule has 25 heavy (non-hydrogen) atoms. The first-order valence-electron chi connectivity index (χ1n) is 8.79. The number of nitrogens with zero attached hydrogens (tertiary/aromatic N) is 1. The lowest BCUT2D eigenvalue weighted by Crippen LogP contribution is -2.17. The van der Waals surface area contributed by atoms with E-state index in [1.165, 1.54) is 4.88 Å². The van der Waals surface area contributed by atoms with E-state index < -0.39 is 0 Å². The molecule has 1 N–H and O–H groups in total. The van der Waals surface area contributed by atoms with Gasteiger partial charge in [0, 0.05) is 21.6 Å². The summed E-state index contributed by atoms with van der Waals surface area (Å²) in [6.45, 7) is 17.3. The van der Waals surface area contributed by atoms with Crippen LogP contribution in [0, 0.1) is 0 Å². The Morgan fingerprint density at radius 1 is 1.00 bits per heavy atom. The van der Waals surface area contributed by atoms with Gasteiger partial charge in [0.05, 0.1) is 5.69 Å². The van der Waals surface area contributed by atoms with Gasteiger partial charge in [-0.05, 0) is 35.1 Å². The van der Waals surface area contributed by atoms with Crippen molar-refractivity contribution in [2.75, 3.05) is 6.26 Å². The van der Waals surface area contributed by atoms with Crippen molar-refractivity contribution in [1.29, 1.82) is 0 Å². The quantitative estimate of drug-likeness (QED) is 0.587. The lowest BCUT2D eigenvalue weighted by atomic mass is 9.78. The number of phenolic OH excluding ortho intramolecular Hbond substituents is 1. The average molecular weight is 378 g/mol. The van der Waals surface area contributed by atoms with Crippen molar-refractivity contribution in [2.24, 2.45) is 0 Å². The lowest BCUT2D eigenvalue weighted by molar-refractivity contribution is 0.423. The van der Waals surface area contributed by atoms with Gasteiger partial charge < -0.3 is 5.11 Å². The molecule has 1 aromatic carbocycles. The third-order valence-electron chi connectivity index (χ3n) is 4.33. The third-order valence-corrected chi connectivity index (χ3v) is 6.67. The number of phenols is 1. The Bertz CT molecular complexity index is 726. The Morgan fingerprint density at radius 2 is 1.48 bits per heavy atom. The molecule has 1 aromatic heterocycles. The predicted octanol–water partition coefficient (Wildman–Crippen LogP) is 6.96. The van der Waals surface area contributed by atoms with Crippen LogP contribution >= 0.6 is 23.1 Å². The molecule has 138 valence electrons. The standard InChI is InChI=1S/C21H31NOS2/c1-12(2)18-16(22-19(24-9)25-18)13-10-14(20(3,4)5)17(23)15(11-13)21(6,7)8/h10-12,23H,1-9H3. The molecule has 1 heterocycles. The molecule has 0 radical (unpaired) electrons. The molecule has 0 aliphatic rings. The van der Waals surface area contributed by atoms with E-state index in [9.17, 15) is 5.11 Å². The molecule has 0 bridgehead atoms. The number of hydrogen-bond donors (Lipinski definition) is 1. The average Bonchev–Trinajstić information content (AvgIpc) is 2.89. The molecule has 0 atom stereocenters. The minimum Gasteiger partial charge on any atom is -0.507 e. The van der Waals surface area contributed by atoms with Gasteiger partial charge in [0.25, 0.3) is 0 Å². The molecular weight excluding hydrogens is 346 g/mol. The van der Waals surface area contributed by atoms with Gasteiger partial charge in [0.1, 0.15) is 5.75 Å². The normalized spacial score (nSPS) is 12.9. The van der Waals surface area contributed by atoms with Gasteiger partial charge in [-0.25, -0.2) is 4.98 Å². The van der Waals surface area contributed by atoms with Crippen LogP contribution in [0.5, 0.6) is 5.75 Å². The molecule has 0 aliphatic heterocycles. The summed E-state index contributed by atoms with van der Waals surface area (Å²) in [6.07, 6.45) is 2.07. The first-order chi connectivity index (χ1) is 11.4. The molecule has 2 rings (SSSR count). The Balaban J connectivity index is 2.81. The van der Waals surface area contributed by atoms with Crippen molar-refractivity contribution >= 4 is 23.1 Å². The fraction of sp³-hybridized carbons (Fsp3) is 0.571. The summed E-state index contributed by atoms with van der Waals surface area (Å²) in [4.78, 5) is 6.21. The van der Waals surface area contributed by atoms with E-state index in [1.807, 2.05) is 0 Å². The van der Waals surface area contributed by atoms with Crippen molar-refractivity contribution < 1.29 is 5.11 Å². The summed E-state index contributed by atoms with van der Waals surface area (Å²) in [5.74, 6) is 0.855. The first-order valence-corrected chi connectivity index (χ1v) is 10.8. The minimum absolute atomic E-state index is 0.129. The summed E-state index contributed by atoms with van der Waals surface area (Å²) in [5, 5.41) is 10.9. The topological polar surface area (TPSA) is 33.1 Å². The minimum atomic E-state index is -0.129. The molecule has 4 heteroatoms. The number of benzene rings is 1. The number of thioether (sulfide) groups is 1. The van der Waals surface area contributed by atoms with E-state index in [0.29, 0.717) is 11.7 Å². The Morgan fingerprint density at radius 3 is 1.84 bits per heavy atom. The van der Waals surface area contributed by atoms with Crippen LogP contribution in [0.4, 0.5) is 0 Å². The number of aromatic hydroxyl groups is 1. The van der Waals surface area contributed by atoms with Gasteiger partial charge in [0.15, 0.2) is 4.34 Å². The van der Waals surface area contributed by atoms with Crippen molar-refractivity contribution in [1.82, 2.24) is 4.98 Å². The fourth-order valence-corrected chi connectivity index (χ4v) is 4.52. The highest BCUT2D eigenvalue weighted by Crippen LogP contribution is 2.44. The lowest BCUT2D eigenvalue weighted by Gasteiger charge is -2.28. The van der Waals surface area contributed by atoms with Gasteiger partial charge in [-0.2, -0.15) is 0 Å². The van der Waals surface area contributed by atoms with Crippen LogP contribution in [0.15, 0.2) is 16.5 Å². The fourth-order valence-electron chi connectivity index (χ4n) is 2.91. The van der Waals surface area contributed by atoms with Crippen molar-refractivity contribution in [3.8, 4) is 17.0 Å². The third kappa shape index (κ3) is 4.22. The maximum atomic E-state index is 10.9. The van der Waals surface area contributed by atoms with E-state index in [1.54, 1.807) is 23.1 Å². The monoisotopic (exact) mass is 377 g/mol. The second-order valence-electron chi connectivity index (χ2n) is 8.97. The molecule has 0 amide bonds. The van der Waals surface area contributed by atoms with Crippen LogP contribution in [0.2, 0.25) is 0 Å². The Kier molecular flexibility index (Phi) is 5.65. The van der Waals surface area contributed by atoms with Crippen LogP contribution in [0.3, 0.4) is 0 Å². The van der Waals surface area contributed by atoms with E-state index in [-0.39, 0.29) is 10.8 Å². The number of aromatic nitrogens is 1. The molecule has 0 unspecified atom stereocenters. The summed E-state index contributed by atoms with van der Waals surface area (Å²) in [7, 11) is 0. The summed E-state index contributed by atoms with van der Waals surface area (Å²) >= 11 is 3.48. The molecule has 0 fully saturated rings. The van der Waals surface area contributed by atoms with Crippen molar-refractivity contribution in [2.45, 2.75) is 76.5 Å². The second-order valence-corrected chi connectivity index (χ2v) is 11.1. The van der Waals surface area contributed by atoms with Crippen LogP contribution in [-0.2, 0) is 10.8 Å². The molecular formula is C21H31NOS2. The molecule has 0 saturated heterocycles. The maximum absolute atomic E-state index is 10.9. The van der Waals surface area contributed by atoms with E-state index in [2.05, 4.69) is 73.8 Å². The van der Waals surface area contributed by atoms with Gasteiger partial charge in [-0.15, -0.1) is 11.3 Å². The Labute approximate surface area is 161 Å². The smallest absolute Gasteiger partial charge is 0.150 e. The Hall–Kier alpha value is -1.00. The highest BCUT2D eigenvalue weighted by Gasteiger charge is 2.28. The van der Waals surface area contributed by atoms with E-state index >= 15 is 0 Å². The van der Waals surface area contributed by atoms with E-state index in [0.717, 1.165) is 26.7 Å². The predicted molar refractivity (Wildman–Crippen MR) is 112 cm³/mol. The summed E-state index contributed by atoms with van der Waals surface area (Å²) < 4.78 is 1.10. The van der Waals surface area contributed by atoms with Crippen LogP contribution in [0.1, 0.15) is 77.3 Å². The highest BCUT2D eigenvalue weighted by atomic mass is 32.2. The van der Waals surface area contributed by atoms with E-state index in [4.69, 9.17) is 4.98 Å². The van der Waals surface area contributed by atoms with Gasteiger partial charge >= 0.3 is 0 Å². The molecule has 2 aromatic rings. The first kappa shape index (κ1) is 20.3. The molecule has 0 saturated carbocycles. The molecule has 2 nitrogen and oxygen atoms in total.